The fraction of sp³-hybridized carbons (Fsp3) is 0.828. The van der Waals surface area contributed by atoms with Gasteiger partial charge in [0.05, 0.1) is 40.3 Å². The van der Waals surface area contributed by atoms with Gasteiger partial charge in [-0.3, -0.25) is 9.59 Å². The molecule has 0 aromatic carbocycles. The predicted molar refractivity (Wildman–Crippen MR) is 306 cm³/mol. The van der Waals surface area contributed by atoms with Gasteiger partial charge in [-0.2, -0.15) is 0 Å². The standard InChI is InChI=1S/C64H117NO8/c1-6-8-10-12-14-16-18-20-22-24-26-28-30-31-33-35-37-39-41-43-45-47-49-51-53-55-62(67)73-60(59-72-64(63(68)69)70-57-56-65(3,4)5)58-71-61(66)54-52-50-48-46-44-42-40-38-36-34-32-29-27-25-23-21-19-17-15-13-11-9-7-2/h8,10,14,16,20,22,26,28,60,64H,6-7,9,11-13,15,17-19,21,23-25,27,29-59H2,1-5H3/b10-8-,16-14-,22-20-,28-26-. The topological polar surface area (TPSA) is 111 Å². The highest BCUT2D eigenvalue weighted by molar-refractivity contribution is 5.70. The quantitative estimate of drug-likeness (QED) is 0.0195. The lowest BCUT2D eigenvalue weighted by atomic mass is 10.0. The number of allylic oxidation sites excluding steroid dienone is 8. The maximum Gasteiger partial charge on any atom is 0.306 e. The number of likely N-dealkylation sites (N-methyl/N-ethyl adjacent to an activating group) is 1. The smallest absolute Gasteiger partial charge is 0.306 e. The molecule has 0 heterocycles. The van der Waals surface area contributed by atoms with Crippen molar-refractivity contribution in [2.45, 2.75) is 296 Å². The minimum Gasteiger partial charge on any atom is -0.545 e. The van der Waals surface area contributed by atoms with E-state index in [1.54, 1.807) is 0 Å². The number of unbranched alkanes of at least 4 members (excludes halogenated alkanes) is 34. The molecule has 426 valence electrons. The van der Waals surface area contributed by atoms with E-state index in [1.807, 2.05) is 21.1 Å². The molecule has 2 atom stereocenters. The molecule has 0 radical (unpaired) electrons. The van der Waals surface area contributed by atoms with E-state index in [2.05, 4.69) is 62.5 Å². The molecular formula is C64H117NO8. The summed E-state index contributed by atoms with van der Waals surface area (Å²) >= 11 is 0. The third kappa shape index (κ3) is 56.8. The summed E-state index contributed by atoms with van der Waals surface area (Å²) in [4.78, 5) is 37.4. The van der Waals surface area contributed by atoms with Crippen molar-refractivity contribution in [1.82, 2.24) is 0 Å². The first kappa shape index (κ1) is 70.2. The average Bonchev–Trinajstić information content (AvgIpc) is 3.36. The lowest BCUT2D eigenvalue weighted by Crippen LogP contribution is -2.44. The highest BCUT2D eigenvalue weighted by Gasteiger charge is 2.22. The minimum absolute atomic E-state index is 0.148. The second kappa shape index (κ2) is 55.5. The maximum atomic E-state index is 12.9. The van der Waals surface area contributed by atoms with E-state index >= 15 is 0 Å². The van der Waals surface area contributed by atoms with Crippen LogP contribution in [0.5, 0.6) is 0 Å². The van der Waals surface area contributed by atoms with Gasteiger partial charge >= 0.3 is 11.9 Å². The number of hydrogen-bond acceptors (Lipinski definition) is 8. The summed E-state index contributed by atoms with van der Waals surface area (Å²) in [5.41, 5.74) is 0. The van der Waals surface area contributed by atoms with Crippen LogP contribution in [0.25, 0.3) is 0 Å². The first-order chi connectivity index (χ1) is 35.6. The number of ether oxygens (including phenoxy) is 4. The van der Waals surface area contributed by atoms with E-state index in [9.17, 15) is 19.5 Å². The van der Waals surface area contributed by atoms with Crippen LogP contribution in [-0.2, 0) is 33.3 Å². The highest BCUT2D eigenvalue weighted by Crippen LogP contribution is 2.17. The van der Waals surface area contributed by atoms with Crippen LogP contribution in [0.2, 0.25) is 0 Å². The van der Waals surface area contributed by atoms with E-state index in [1.165, 1.54) is 186 Å². The first-order valence-corrected chi connectivity index (χ1v) is 30.8. The summed E-state index contributed by atoms with van der Waals surface area (Å²) < 4.78 is 22.8. The Hall–Kier alpha value is -2.75. The number of quaternary nitrogens is 1. The van der Waals surface area contributed by atoms with Crippen molar-refractivity contribution in [2.75, 3.05) is 47.5 Å². The lowest BCUT2D eigenvalue weighted by Gasteiger charge is -2.26. The molecule has 0 saturated heterocycles. The summed E-state index contributed by atoms with van der Waals surface area (Å²) in [5, 5.41) is 11.8. The van der Waals surface area contributed by atoms with Crippen LogP contribution in [0, 0.1) is 0 Å². The number of esters is 2. The van der Waals surface area contributed by atoms with Crippen LogP contribution in [0.1, 0.15) is 284 Å². The average molecular weight is 1030 g/mol. The van der Waals surface area contributed by atoms with Crippen LogP contribution in [0.3, 0.4) is 0 Å². The number of carboxylic acid groups (broad SMARTS) is 1. The Morgan fingerprint density at radius 2 is 0.781 bits per heavy atom. The van der Waals surface area contributed by atoms with E-state index in [0.717, 1.165) is 64.2 Å². The molecule has 0 bridgehead atoms. The molecule has 0 spiro atoms. The summed E-state index contributed by atoms with van der Waals surface area (Å²) in [6.07, 6.45) is 65.9. The van der Waals surface area contributed by atoms with Gasteiger partial charge in [-0.05, 0) is 51.4 Å². The Kier molecular flexibility index (Phi) is 53.4. The molecule has 0 N–H and O–H groups in total. The zero-order valence-corrected chi connectivity index (χ0v) is 48.5. The van der Waals surface area contributed by atoms with E-state index in [4.69, 9.17) is 18.9 Å². The van der Waals surface area contributed by atoms with Crippen molar-refractivity contribution in [3.8, 4) is 0 Å². The zero-order valence-electron chi connectivity index (χ0n) is 48.5. The Bertz CT molecular complexity index is 1340. The van der Waals surface area contributed by atoms with Gasteiger partial charge in [0.15, 0.2) is 12.4 Å². The molecule has 73 heavy (non-hydrogen) atoms. The minimum atomic E-state index is -1.62. The number of carboxylic acids is 1. The Morgan fingerprint density at radius 1 is 0.425 bits per heavy atom. The van der Waals surface area contributed by atoms with Crippen molar-refractivity contribution in [1.29, 1.82) is 0 Å². The van der Waals surface area contributed by atoms with Gasteiger partial charge in [0.25, 0.3) is 0 Å². The third-order valence-electron chi connectivity index (χ3n) is 13.6. The molecule has 9 heteroatoms. The molecule has 0 aliphatic rings. The van der Waals surface area contributed by atoms with Gasteiger partial charge in [-0.15, -0.1) is 0 Å². The summed E-state index contributed by atoms with van der Waals surface area (Å²) in [6, 6.07) is 0. The van der Waals surface area contributed by atoms with Gasteiger partial charge in [-0.1, -0.05) is 268 Å². The molecule has 0 rings (SSSR count). The molecule has 0 fully saturated rings. The summed E-state index contributed by atoms with van der Waals surface area (Å²) in [7, 11) is 5.93. The van der Waals surface area contributed by atoms with E-state index < -0.39 is 24.3 Å². The molecule has 0 aliphatic carbocycles. The number of carbonyl (C=O) groups is 3. The molecule has 9 nitrogen and oxygen atoms in total. The van der Waals surface area contributed by atoms with Crippen LogP contribution >= 0.6 is 0 Å². The third-order valence-corrected chi connectivity index (χ3v) is 13.6. The number of hydrogen-bond donors (Lipinski definition) is 0. The molecule has 0 saturated carbocycles. The van der Waals surface area contributed by atoms with Crippen LogP contribution in [0.15, 0.2) is 48.6 Å². The largest absolute Gasteiger partial charge is 0.545 e. The molecular weight excluding hydrogens is 911 g/mol. The van der Waals surface area contributed by atoms with Crippen molar-refractivity contribution in [3.05, 3.63) is 48.6 Å². The van der Waals surface area contributed by atoms with Crippen LogP contribution < -0.4 is 5.11 Å². The molecule has 2 unspecified atom stereocenters. The first-order valence-electron chi connectivity index (χ1n) is 30.8. The molecule has 0 amide bonds. The Morgan fingerprint density at radius 3 is 1.16 bits per heavy atom. The van der Waals surface area contributed by atoms with Crippen molar-refractivity contribution in [3.63, 3.8) is 0 Å². The molecule has 0 aromatic heterocycles. The van der Waals surface area contributed by atoms with Gasteiger partial charge in [-0.25, -0.2) is 0 Å². The molecule has 0 aliphatic heterocycles. The summed E-state index contributed by atoms with van der Waals surface area (Å²) in [5.74, 6) is -2.27. The fourth-order valence-electron chi connectivity index (χ4n) is 8.88. The SMILES string of the molecule is CC/C=C\C/C=C\C/C=C\C/C=C\CCCCCCCCCCCCCCC(=O)OC(COC(=O)CCCCCCCCCCCCCCCCCCCCCCCCC)COC(OCC[N+](C)(C)C)C(=O)[O-]. The van der Waals surface area contributed by atoms with Crippen molar-refractivity contribution >= 4 is 17.9 Å². The second-order valence-corrected chi connectivity index (χ2v) is 22.0. The number of aliphatic carboxylic acids is 1. The van der Waals surface area contributed by atoms with Gasteiger partial charge < -0.3 is 33.3 Å². The van der Waals surface area contributed by atoms with Gasteiger partial charge in [0.1, 0.15) is 13.2 Å². The normalized spacial score (nSPS) is 13.1. The second-order valence-electron chi connectivity index (χ2n) is 22.0. The Balaban J connectivity index is 4.18. The maximum absolute atomic E-state index is 12.9. The van der Waals surface area contributed by atoms with Gasteiger partial charge in [0.2, 0.25) is 0 Å². The molecule has 0 aromatic rings. The fourth-order valence-corrected chi connectivity index (χ4v) is 8.88. The monoisotopic (exact) mass is 1030 g/mol. The van der Waals surface area contributed by atoms with Crippen molar-refractivity contribution in [2.24, 2.45) is 0 Å². The van der Waals surface area contributed by atoms with Crippen LogP contribution in [0.4, 0.5) is 0 Å². The zero-order chi connectivity index (χ0) is 53.4. The highest BCUT2D eigenvalue weighted by atomic mass is 16.7. The summed E-state index contributed by atoms with van der Waals surface area (Å²) in [6.45, 7) is 4.68. The van der Waals surface area contributed by atoms with E-state index in [0.29, 0.717) is 23.9 Å². The number of nitrogens with zero attached hydrogens (tertiary/aromatic N) is 1. The van der Waals surface area contributed by atoms with Gasteiger partial charge in [0, 0.05) is 12.8 Å². The van der Waals surface area contributed by atoms with Crippen molar-refractivity contribution < 1.29 is 42.9 Å². The predicted octanol–water partition coefficient (Wildman–Crippen LogP) is 16.9. The van der Waals surface area contributed by atoms with E-state index in [-0.39, 0.29) is 32.2 Å². The Labute approximate surface area is 451 Å². The lowest BCUT2D eigenvalue weighted by molar-refractivity contribution is -0.870. The number of carbonyl (C=O) groups excluding carboxylic acids is 3. The van der Waals surface area contributed by atoms with Crippen LogP contribution in [-0.4, -0.2) is 82.3 Å². The number of rotatable bonds is 57.